The number of hydrogen-bond donors (Lipinski definition) is 2. The molecule has 1 unspecified atom stereocenters. The molecule has 2 N–H and O–H groups in total. The topological polar surface area (TPSA) is 70.7 Å². The number of rotatable bonds is 5. The van der Waals surface area contributed by atoms with Gasteiger partial charge in [-0.15, -0.1) is 0 Å². The number of phenolic OH excluding ortho intramolecular Hbond substituents is 1. The van der Waals surface area contributed by atoms with Crippen LogP contribution < -0.4 is 0 Å². The number of carboxylic acids is 1. The highest BCUT2D eigenvalue weighted by molar-refractivity contribution is 5.67. The molecule has 0 saturated heterocycles. The average Bonchev–Trinajstić information content (AvgIpc) is 2.84. The second-order valence-electron chi connectivity index (χ2n) is 4.18. The van der Waals surface area contributed by atoms with Gasteiger partial charge in [-0.3, -0.25) is 4.79 Å². The highest BCUT2D eigenvalue weighted by Crippen LogP contribution is 2.25. The van der Waals surface area contributed by atoms with Crippen molar-refractivity contribution >= 4 is 5.97 Å². The minimum Gasteiger partial charge on any atom is -0.508 e. The number of benzene rings is 1. The zero-order valence-electron chi connectivity index (χ0n) is 9.74. The van der Waals surface area contributed by atoms with Crippen molar-refractivity contribution in [2.75, 3.05) is 0 Å². The Morgan fingerprint density at radius 2 is 1.94 bits per heavy atom. The molecule has 0 fully saturated rings. The Balaban J connectivity index is 2.15. The summed E-state index contributed by atoms with van der Waals surface area (Å²) in [5.74, 6) is -0.172. The van der Waals surface area contributed by atoms with E-state index in [1.807, 2.05) is 0 Å². The van der Waals surface area contributed by atoms with Crippen molar-refractivity contribution in [2.24, 2.45) is 0 Å². The number of aliphatic carboxylic acids is 1. The van der Waals surface area contributed by atoms with Gasteiger partial charge in [0.1, 0.15) is 11.5 Å². The molecule has 4 heteroatoms. The fraction of sp³-hybridized carbons (Fsp3) is 0.214. The van der Waals surface area contributed by atoms with Crippen molar-refractivity contribution < 1.29 is 19.4 Å². The summed E-state index contributed by atoms with van der Waals surface area (Å²) in [6.07, 6.45) is 2.13. The molecule has 0 radical (unpaired) electrons. The van der Waals surface area contributed by atoms with Gasteiger partial charge in [-0.25, -0.2) is 0 Å². The van der Waals surface area contributed by atoms with E-state index in [0.29, 0.717) is 12.2 Å². The SMILES string of the molecule is O=C(O)CC(Cc1ccc(O)cc1)c1ccco1. The lowest BCUT2D eigenvalue weighted by atomic mass is 9.94. The van der Waals surface area contributed by atoms with Crippen molar-refractivity contribution in [3.05, 3.63) is 54.0 Å². The maximum absolute atomic E-state index is 10.9. The van der Waals surface area contributed by atoms with Crippen LogP contribution in [0, 0.1) is 0 Å². The first-order chi connectivity index (χ1) is 8.65. The Hall–Kier alpha value is -2.23. The van der Waals surface area contributed by atoms with Crippen LogP contribution in [0.1, 0.15) is 23.7 Å². The van der Waals surface area contributed by atoms with Gasteiger partial charge in [0.05, 0.1) is 12.7 Å². The summed E-state index contributed by atoms with van der Waals surface area (Å²) in [5.41, 5.74) is 0.968. The number of aromatic hydroxyl groups is 1. The summed E-state index contributed by atoms with van der Waals surface area (Å²) >= 11 is 0. The second-order valence-corrected chi connectivity index (χ2v) is 4.18. The van der Waals surface area contributed by atoms with Crippen molar-refractivity contribution in [2.45, 2.75) is 18.8 Å². The Morgan fingerprint density at radius 1 is 1.22 bits per heavy atom. The fourth-order valence-corrected chi connectivity index (χ4v) is 1.92. The summed E-state index contributed by atoms with van der Waals surface area (Å²) in [7, 11) is 0. The molecule has 1 aromatic heterocycles. The van der Waals surface area contributed by atoms with Crippen molar-refractivity contribution in [1.29, 1.82) is 0 Å². The van der Waals surface area contributed by atoms with Crippen LogP contribution in [0.15, 0.2) is 47.1 Å². The van der Waals surface area contributed by atoms with Crippen LogP contribution in [0.3, 0.4) is 0 Å². The fourth-order valence-electron chi connectivity index (χ4n) is 1.92. The normalized spacial score (nSPS) is 12.2. The molecule has 0 spiro atoms. The van der Waals surface area contributed by atoms with E-state index in [2.05, 4.69) is 0 Å². The lowest BCUT2D eigenvalue weighted by Crippen LogP contribution is -2.08. The van der Waals surface area contributed by atoms with Crippen molar-refractivity contribution in [3.8, 4) is 5.75 Å². The predicted molar refractivity (Wildman–Crippen MR) is 65.5 cm³/mol. The van der Waals surface area contributed by atoms with Crippen LogP contribution in [-0.2, 0) is 11.2 Å². The molecule has 2 rings (SSSR count). The summed E-state index contributed by atoms with van der Waals surface area (Å²) in [4.78, 5) is 10.9. The zero-order valence-corrected chi connectivity index (χ0v) is 9.74. The van der Waals surface area contributed by atoms with Crippen LogP contribution in [0.5, 0.6) is 5.75 Å². The van der Waals surface area contributed by atoms with Crippen molar-refractivity contribution in [3.63, 3.8) is 0 Å². The maximum Gasteiger partial charge on any atom is 0.304 e. The molecular formula is C14H14O4. The van der Waals surface area contributed by atoms with Crippen LogP contribution in [0.4, 0.5) is 0 Å². The first-order valence-corrected chi connectivity index (χ1v) is 5.68. The Bertz CT molecular complexity index is 499. The van der Waals surface area contributed by atoms with Gasteiger partial charge in [0.25, 0.3) is 0 Å². The Labute approximate surface area is 104 Å². The van der Waals surface area contributed by atoms with E-state index < -0.39 is 5.97 Å². The average molecular weight is 246 g/mol. The molecule has 94 valence electrons. The second kappa shape index (κ2) is 5.40. The summed E-state index contributed by atoms with van der Waals surface area (Å²) in [6, 6.07) is 10.3. The van der Waals surface area contributed by atoms with Gasteiger partial charge < -0.3 is 14.6 Å². The third-order valence-electron chi connectivity index (χ3n) is 2.79. The minimum atomic E-state index is -0.852. The van der Waals surface area contributed by atoms with Gasteiger partial charge in [0, 0.05) is 5.92 Å². The molecule has 0 amide bonds. The first-order valence-electron chi connectivity index (χ1n) is 5.68. The Kier molecular flexibility index (Phi) is 3.67. The molecule has 0 aliphatic carbocycles. The van der Waals surface area contributed by atoms with E-state index in [1.54, 1.807) is 42.7 Å². The van der Waals surface area contributed by atoms with Crippen LogP contribution in [-0.4, -0.2) is 16.2 Å². The highest BCUT2D eigenvalue weighted by atomic mass is 16.4. The molecular weight excluding hydrogens is 232 g/mol. The molecule has 1 heterocycles. The Morgan fingerprint density at radius 3 is 2.50 bits per heavy atom. The largest absolute Gasteiger partial charge is 0.508 e. The lowest BCUT2D eigenvalue weighted by molar-refractivity contribution is -0.137. The number of carbonyl (C=O) groups is 1. The number of phenols is 1. The van der Waals surface area contributed by atoms with Gasteiger partial charge in [-0.2, -0.15) is 0 Å². The molecule has 1 aromatic carbocycles. The van der Waals surface area contributed by atoms with E-state index in [9.17, 15) is 9.90 Å². The molecule has 2 aromatic rings. The van der Waals surface area contributed by atoms with E-state index in [-0.39, 0.29) is 18.1 Å². The lowest BCUT2D eigenvalue weighted by Gasteiger charge is -2.12. The minimum absolute atomic E-state index is 0.0222. The monoisotopic (exact) mass is 246 g/mol. The maximum atomic E-state index is 10.9. The molecule has 0 aliphatic rings. The molecule has 1 atom stereocenters. The number of carboxylic acid groups (broad SMARTS) is 1. The number of hydrogen-bond acceptors (Lipinski definition) is 3. The third kappa shape index (κ3) is 3.13. The summed E-state index contributed by atoms with van der Waals surface area (Å²) in [5, 5.41) is 18.1. The van der Waals surface area contributed by atoms with Gasteiger partial charge in [0.15, 0.2) is 0 Å². The van der Waals surface area contributed by atoms with Crippen LogP contribution in [0.25, 0.3) is 0 Å². The van der Waals surface area contributed by atoms with Gasteiger partial charge in [0.2, 0.25) is 0 Å². The molecule has 0 aliphatic heterocycles. The third-order valence-corrected chi connectivity index (χ3v) is 2.79. The predicted octanol–water partition coefficient (Wildman–Crippen LogP) is 2.79. The smallest absolute Gasteiger partial charge is 0.304 e. The van der Waals surface area contributed by atoms with Crippen molar-refractivity contribution in [1.82, 2.24) is 0 Å². The molecule has 0 saturated carbocycles. The summed E-state index contributed by atoms with van der Waals surface area (Å²) in [6.45, 7) is 0. The van der Waals surface area contributed by atoms with Crippen LogP contribution >= 0.6 is 0 Å². The van der Waals surface area contributed by atoms with Gasteiger partial charge >= 0.3 is 5.97 Å². The van der Waals surface area contributed by atoms with Crippen LogP contribution in [0.2, 0.25) is 0 Å². The van der Waals surface area contributed by atoms with E-state index >= 15 is 0 Å². The van der Waals surface area contributed by atoms with E-state index in [0.717, 1.165) is 5.56 Å². The standard InChI is InChI=1S/C14H14O4/c15-12-5-3-10(4-6-12)8-11(9-14(16)17)13-2-1-7-18-13/h1-7,11,15H,8-9H2,(H,16,17). The molecule has 4 nitrogen and oxygen atoms in total. The summed E-state index contributed by atoms with van der Waals surface area (Å²) < 4.78 is 5.28. The van der Waals surface area contributed by atoms with Gasteiger partial charge in [-0.1, -0.05) is 12.1 Å². The van der Waals surface area contributed by atoms with E-state index in [4.69, 9.17) is 9.52 Å². The molecule has 18 heavy (non-hydrogen) atoms. The highest BCUT2D eigenvalue weighted by Gasteiger charge is 2.18. The van der Waals surface area contributed by atoms with E-state index in [1.165, 1.54) is 0 Å². The zero-order chi connectivity index (χ0) is 13.0. The first kappa shape index (κ1) is 12.2. The molecule has 0 bridgehead atoms. The number of furan rings is 1. The quantitative estimate of drug-likeness (QED) is 0.851. The van der Waals surface area contributed by atoms with Gasteiger partial charge in [-0.05, 0) is 36.2 Å².